The first-order chi connectivity index (χ1) is 28.2. The van der Waals surface area contributed by atoms with E-state index in [1.807, 2.05) is 29.5 Å². The van der Waals surface area contributed by atoms with Crippen LogP contribution in [0.15, 0.2) is 192 Å². The molecule has 266 valence electrons. The smallest absolute Gasteiger partial charge is 0.160 e. The highest BCUT2D eigenvalue weighted by atomic mass is 32.1. The molecular formula is C52H31N3OS. The lowest BCUT2D eigenvalue weighted by Gasteiger charge is -2.14. The Hall–Kier alpha value is -7.34. The highest BCUT2D eigenvalue weighted by Gasteiger charge is 2.21. The molecule has 0 saturated heterocycles. The summed E-state index contributed by atoms with van der Waals surface area (Å²) in [7, 11) is 0. The Balaban J connectivity index is 1.14. The number of aromatic nitrogens is 3. The van der Waals surface area contributed by atoms with Gasteiger partial charge >= 0.3 is 0 Å². The first kappa shape index (κ1) is 32.0. The summed E-state index contributed by atoms with van der Waals surface area (Å²) >= 11 is 1.86. The Morgan fingerprint density at radius 3 is 1.86 bits per heavy atom. The van der Waals surface area contributed by atoms with E-state index < -0.39 is 0 Å². The maximum Gasteiger partial charge on any atom is 0.160 e. The van der Waals surface area contributed by atoms with Gasteiger partial charge in [-0.3, -0.25) is 0 Å². The van der Waals surface area contributed by atoms with E-state index in [1.165, 1.54) is 36.5 Å². The molecule has 12 rings (SSSR count). The van der Waals surface area contributed by atoms with Gasteiger partial charge in [-0.25, -0.2) is 9.97 Å². The molecule has 4 nitrogen and oxygen atoms in total. The third-order valence-corrected chi connectivity index (χ3v) is 12.4. The van der Waals surface area contributed by atoms with Crippen LogP contribution in [0.1, 0.15) is 0 Å². The molecule has 0 radical (unpaired) electrons. The number of para-hydroxylation sites is 2. The van der Waals surface area contributed by atoms with E-state index in [9.17, 15) is 0 Å². The minimum Gasteiger partial charge on any atom is -0.456 e. The van der Waals surface area contributed by atoms with Gasteiger partial charge in [-0.1, -0.05) is 140 Å². The van der Waals surface area contributed by atoms with E-state index in [1.54, 1.807) is 0 Å². The van der Waals surface area contributed by atoms with Crippen LogP contribution in [-0.4, -0.2) is 14.5 Å². The number of fused-ring (bicyclic) bond motifs is 9. The van der Waals surface area contributed by atoms with Gasteiger partial charge in [-0.05, 0) is 54.1 Å². The van der Waals surface area contributed by atoms with Crippen molar-refractivity contribution in [3.63, 3.8) is 0 Å². The molecule has 0 unspecified atom stereocenters. The molecule has 0 fully saturated rings. The van der Waals surface area contributed by atoms with Crippen LogP contribution in [0.3, 0.4) is 0 Å². The van der Waals surface area contributed by atoms with Crippen LogP contribution in [0.4, 0.5) is 0 Å². The zero-order valence-corrected chi connectivity index (χ0v) is 31.4. The Kier molecular flexibility index (Phi) is 7.06. The van der Waals surface area contributed by atoms with Gasteiger partial charge in [0.15, 0.2) is 5.82 Å². The number of hydrogen-bond acceptors (Lipinski definition) is 4. The average molecular weight is 746 g/mol. The molecule has 12 aromatic rings. The second-order valence-corrected chi connectivity index (χ2v) is 15.6. The fraction of sp³-hybridized carbons (Fsp3) is 0. The van der Waals surface area contributed by atoms with Crippen molar-refractivity contribution in [1.82, 2.24) is 14.5 Å². The number of hydrogen-bond donors (Lipinski definition) is 0. The summed E-state index contributed by atoms with van der Waals surface area (Å²) in [5.41, 5.74) is 12.3. The minimum atomic E-state index is 0.687. The van der Waals surface area contributed by atoms with Crippen molar-refractivity contribution in [2.75, 3.05) is 0 Å². The van der Waals surface area contributed by atoms with Gasteiger partial charge in [0.1, 0.15) is 11.2 Å². The second kappa shape index (κ2) is 12.6. The number of rotatable bonds is 5. The second-order valence-electron chi connectivity index (χ2n) is 14.5. The number of furan rings is 1. The van der Waals surface area contributed by atoms with Crippen molar-refractivity contribution in [1.29, 1.82) is 0 Å². The van der Waals surface area contributed by atoms with Gasteiger partial charge in [0.2, 0.25) is 0 Å². The molecule has 57 heavy (non-hydrogen) atoms. The summed E-state index contributed by atoms with van der Waals surface area (Å²) in [6.07, 6.45) is 0. The summed E-state index contributed by atoms with van der Waals surface area (Å²) in [5, 5.41) is 7.13. The number of thiophene rings is 1. The van der Waals surface area contributed by atoms with E-state index >= 15 is 0 Å². The van der Waals surface area contributed by atoms with Crippen molar-refractivity contribution in [2.24, 2.45) is 0 Å². The molecule has 8 aromatic carbocycles. The van der Waals surface area contributed by atoms with Crippen LogP contribution < -0.4 is 0 Å². The lowest BCUT2D eigenvalue weighted by molar-refractivity contribution is 0.669. The molecule has 4 aromatic heterocycles. The summed E-state index contributed by atoms with van der Waals surface area (Å²) in [5.74, 6) is 0.687. The van der Waals surface area contributed by atoms with Gasteiger partial charge in [0, 0.05) is 69.7 Å². The molecule has 0 amide bonds. The maximum absolute atomic E-state index is 6.42. The molecule has 0 bridgehead atoms. The fourth-order valence-corrected chi connectivity index (χ4v) is 9.83. The monoisotopic (exact) mass is 745 g/mol. The largest absolute Gasteiger partial charge is 0.456 e. The third kappa shape index (κ3) is 5.06. The summed E-state index contributed by atoms with van der Waals surface area (Å²) in [6.45, 7) is 0. The minimum absolute atomic E-state index is 0.687. The van der Waals surface area contributed by atoms with Crippen LogP contribution in [0.5, 0.6) is 0 Å². The van der Waals surface area contributed by atoms with E-state index in [4.69, 9.17) is 14.4 Å². The van der Waals surface area contributed by atoms with E-state index in [-0.39, 0.29) is 0 Å². The predicted octanol–water partition coefficient (Wildman–Crippen LogP) is 14.5. The van der Waals surface area contributed by atoms with Crippen molar-refractivity contribution in [2.45, 2.75) is 0 Å². The molecule has 4 heterocycles. The molecule has 0 saturated carbocycles. The van der Waals surface area contributed by atoms with E-state index in [0.717, 1.165) is 72.3 Å². The Labute approximate surface area is 331 Å². The highest BCUT2D eigenvalue weighted by molar-refractivity contribution is 7.26. The average Bonchev–Trinajstić information content (AvgIpc) is 3.96. The van der Waals surface area contributed by atoms with Crippen LogP contribution >= 0.6 is 11.3 Å². The van der Waals surface area contributed by atoms with Gasteiger partial charge < -0.3 is 8.98 Å². The number of benzene rings is 8. The summed E-state index contributed by atoms with van der Waals surface area (Å²) in [4.78, 5) is 10.4. The van der Waals surface area contributed by atoms with Crippen LogP contribution in [-0.2, 0) is 0 Å². The molecule has 0 aliphatic rings. The number of nitrogens with zero attached hydrogens (tertiary/aromatic N) is 3. The first-order valence-electron chi connectivity index (χ1n) is 19.1. The van der Waals surface area contributed by atoms with Crippen LogP contribution in [0, 0.1) is 0 Å². The lowest BCUT2D eigenvalue weighted by Crippen LogP contribution is -1.97. The summed E-state index contributed by atoms with van der Waals surface area (Å²) in [6, 6.07) is 66.6. The lowest BCUT2D eigenvalue weighted by atomic mass is 9.97. The standard InChI is InChI=1S/C52H31N3OS/c1-3-14-32(15-4-1)43-31-44(33-16-5-2-6-17-33)54-52(53-43)34-26-27-37-36-18-7-10-22-45(36)55(46(37)28-34)35-29-41-38-19-9-12-25-49(38)57-51(41)42(30-35)39-21-13-24-48-50(39)40-20-8-11-23-47(40)56-48/h1-31H. The SMILES string of the molecule is c1ccc(-c2cc(-c3ccccc3)nc(-c3ccc4c5ccccc5n(-c5cc(-c6cccc7oc8ccccc8c67)c6sc7ccccc7c6c5)c4c3)n2)cc1. The molecule has 5 heteroatoms. The highest BCUT2D eigenvalue weighted by Crippen LogP contribution is 2.46. The molecule has 0 atom stereocenters. The van der Waals surface area contributed by atoms with Gasteiger partial charge in [0.25, 0.3) is 0 Å². The normalized spacial score (nSPS) is 11.9. The zero-order chi connectivity index (χ0) is 37.5. The Morgan fingerprint density at radius 1 is 0.421 bits per heavy atom. The molecule has 0 N–H and O–H groups in total. The van der Waals surface area contributed by atoms with Gasteiger partial charge in [-0.15, -0.1) is 11.3 Å². The predicted molar refractivity (Wildman–Crippen MR) is 238 cm³/mol. The van der Waals surface area contributed by atoms with Crippen molar-refractivity contribution >= 4 is 75.3 Å². The van der Waals surface area contributed by atoms with E-state index in [0.29, 0.717) is 5.82 Å². The Bertz CT molecular complexity index is 3470. The Morgan fingerprint density at radius 2 is 1.07 bits per heavy atom. The summed E-state index contributed by atoms with van der Waals surface area (Å²) < 4.78 is 11.4. The molecule has 0 aliphatic carbocycles. The van der Waals surface area contributed by atoms with Crippen molar-refractivity contribution < 1.29 is 4.42 Å². The van der Waals surface area contributed by atoms with E-state index in [2.05, 4.69) is 174 Å². The topological polar surface area (TPSA) is 43.9 Å². The van der Waals surface area contributed by atoms with Crippen molar-refractivity contribution in [3.05, 3.63) is 188 Å². The molecular weight excluding hydrogens is 715 g/mol. The van der Waals surface area contributed by atoms with Crippen LogP contribution in [0.25, 0.3) is 115 Å². The zero-order valence-electron chi connectivity index (χ0n) is 30.6. The molecule has 0 aliphatic heterocycles. The van der Waals surface area contributed by atoms with Crippen molar-refractivity contribution in [3.8, 4) is 50.7 Å². The molecule has 0 spiro atoms. The van der Waals surface area contributed by atoms with Gasteiger partial charge in [-0.2, -0.15) is 0 Å². The quantitative estimate of drug-likeness (QED) is 0.176. The first-order valence-corrected chi connectivity index (χ1v) is 20.0. The fourth-order valence-electron chi connectivity index (χ4n) is 8.62. The van der Waals surface area contributed by atoms with Gasteiger partial charge in [0.05, 0.1) is 22.4 Å². The maximum atomic E-state index is 6.42. The van der Waals surface area contributed by atoms with Crippen LogP contribution in [0.2, 0.25) is 0 Å². The third-order valence-electron chi connectivity index (χ3n) is 11.2.